The number of hydrogen-bond acceptors (Lipinski definition) is 7. The second kappa shape index (κ2) is 6.30. The van der Waals surface area contributed by atoms with Gasteiger partial charge in [0.15, 0.2) is 0 Å². The predicted octanol–water partition coefficient (Wildman–Crippen LogP) is 1.82. The number of fused-ring (bicyclic) bond motifs is 1. The van der Waals surface area contributed by atoms with E-state index in [4.69, 9.17) is 5.73 Å². The highest BCUT2D eigenvalue weighted by molar-refractivity contribution is 8.18. The summed E-state index contributed by atoms with van der Waals surface area (Å²) in [4.78, 5) is 34.1. The molecule has 2 amide bonds. The smallest absolute Gasteiger partial charge is 0.290 e. The van der Waals surface area contributed by atoms with Gasteiger partial charge in [0.2, 0.25) is 5.95 Å². The fourth-order valence-corrected chi connectivity index (χ4v) is 3.62. The van der Waals surface area contributed by atoms with E-state index in [1.54, 1.807) is 18.3 Å². The summed E-state index contributed by atoms with van der Waals surface area (Å²) in [5.41, 5.74) is 9.15. The summed E-state index contributed by atoms with van der Waals surface area (Å²) >= 11 is 0.869. The average molecular weight is 353 g/mol. The van der Waals surface area contributed by atoms with Crippen LogP contribution >= 0.6 is 11.8 Å². The number of carbonyl (C=O) groups excluding carboxylic acids is 2. The SMILES string of the molecule is NC1CN(c2nccc(/C=C3\SC(=O)NC3=O)n2)Cc2ccccc21. The standard InChI is InChI=1S/C17H15N5O2S/c18-13-9-22(8-10-3-1-2-4-12(10)13)16-19-6-5-11(20-16)7-14-15(23)21-17(24)25-14/h1-7,13H,8-9,18H2,(H,21,23,24)/b14-7-. The molecule has 0 aliphatic carbocycles. The van der Waals surface area contributed by atoms with Gasteiger partial charge < -0.3 is 10.6 Å². The van der Waals surface area contributed by atoms with Crippen LogP contribution in [0.3, 0.4) is 0 Å². The third-order valence-corrected chi connectivity index (χ3v) is 4.91. The van der Waals surface area contributed by atoms with Gasteiger partial charge in [-0.2, -0.15) is 0 Å². The summed E-state index contributed by atoms with van der Waals surface area (Å²) in [6, 6.07) is 9.67. The van der Waals surface area contributed by atoms with E-state index < -0.39 is 5.91 Å². The van der Waals surface area contributed by atoms with Crippen molar-refractivity contribution in [1.29, 1.82) is 0 Å². The number of benzene rings is 1. The lowest BCUT2D eigenvalue weighted by Gasteiger charge is -2.32. The normalized spacial score (nSPS) is 21.4. The highest BCUT2D eigenvalue weighted by atomic mass is 32.2. The first-order valence-corrected chi connectivity index (χ1v) is 8.58. The second-order valence-electron chi connectivity index (χ2n) is 5.82. The van der Waals surface area contributed by atoms with Crippen molar-refractivity contribution in [3.63, 3.8) is 0 Å². The molecular weight excluding hydrogens is 338 g/mol. The number of aromatic nitrogens is 2. The molecule has 1 fully saturated rings. The number of amides is 2. The molecule has 0 radical (unpaired) electrons. The molecule has 3 heterocycles. The summed E-state index contributed by atoms with van der Waals surface area (Å²) < 4.78 is 0. The Kier molecular flexibility index (Phi) is 3.98. The van der Waals surface area contributed by atoms with Crippen LogP contribution in [0.5, 0.6) is 0 Å². The van der Waals surface area contributed by atoms with E-state index in [0.717, 1.165) is 22.9 Å². The first-order chi connectivity index (χ1) is 12.1. The van der Waals surface area contributed by atoms with Crippen LogP contribution in [0.1, 0.15) is 22.9 Å². The molecule has 0 bridgehead atoms. The van der Waals surface area contributed by atoms with Crippen LogP contribution in [0.4, 0.5) is 10.7 Å². The van der Waals surface area contributed by atoms with Crippen LogP contribution in [0.15, 0.2) is 41.4 Å². The number of nitrogens with one attached hydrogen (secondary N) is 1. The maximum Gasteiger partial charge on any atom is 0.290 e. The summed E-state index contributed by atoms with van der Waals surface area (Å²) in [5, 5.41) is 1.86. The lowest BCUT2D eigenvalue weighted by Crippen LogP contribution is -2.38. The van der Waals surface area contributed by atoms with E-state index in [1.807, 2.05) is 23.1 Å². The maximum absolute atomic E-state index is 11.7. The zero-order valence-electron chi connectivity index (χ0n) is 13.2. The Balaban J connectivity index is 1.61. The minimum Gasteiger partial charge on any atom is -0.335 e. The molecule has 1 unspecified atom stereocenters. The topological polar surface area (TPSA) is 101 Å². The lowest BCUT2D eigenvalue weighted by atomic mass is 9.96. The fraction of sp³-hybridized carbons (Fsp3) is 0.176. The molecule has 1 aromatic heterocycles. The van der Waals surface area contributed by atoms with Crippen molar-refractivity contribution < 1.29 is 9.59 Å². The fourth-order valence-electron chi connectivity index (χ4n) is 2.95. The molecule has 2 aromatic rings. The highest BCUT2D eigenvalue weighted by Crippen LogP contribution is 2.28. The molecule has 4 rings (SSSR count). The Hall–Kier alpha value is -2.71. The second-order valence-corrected chi connectivity index (χ2v) is 6.83. The van der Waals surface area contributed by atoms with Gasteiger partial charge in [0.1, 0.15) is 0 Å². The zero-order chi connectivity index (χ0) is 17.4. The number of nitrogens with two attached hydrogens (primary N) is 1. The van der Waals surface area contributed by atoms with Crippen LogP contribution in [0, 0.1) is 0 Å². The number of hydrogen-bond donors (Lipinski definition) is 2. The largest absolute Gasteiger partial charge is 0.335 e. The van der Waals surface area contributed by atoms with E-state index in [2.05, 4.69) is 21.4 Å². The molecule has 1 atom stereocenters. The van der Waals surface area contributed by atoms with Crippen LogP contribution in [-0.4, -0.2) is 27.7 Å². The van der Waals surface area contributed by atoms with Crippen molar-refractivity contribution in [2.45, 2.75) is 12.6 Å². The molecule has 25 heavy (non-hydrogen) atoms. The van der Waals surface area contributed by atoms with Crippen molar-refractivity contribution in [3.05, 3.63) is 58.3 Å². The molecule has 3 N–H and O–H groups in total. The Labute approximate surface area is 148 Å². The Morgan fingerprint density at radius 3 is 2.92 bits per heavy atom. The summed E-state index contributed by atoms with van der Waals surface area (Å²) in [5.74, 6) is 0.151. The third-order valence-electron chi connectivity index (χ3n) is 4.10. The number of thioether (sulfide) groups is 1. The summed E-state index contributed by atoms with van der Waals surface area (Å²) in [7, 11) is 0. The molecular formula is C17H15N5O2S. The van der Waals surface area contributed by atoms with Gasteiger partial charge in [0.25, 0.3) is 11.1 Å². The van der Waals surface area contributed by atoms with Gasteiger partial charge in [0.05, 0.1) is 10.6 Å². The monoisotopic (exact) mass is 353 g/mol. The third kappa shape index (κ3) is 3.13. The molecule has 8 heteroatoms. The number of rotatable bonds is 2. The van der Waals surface area contributed by atoms with E-state index >= 15 is 0 Å². The molecule has 0 saturated carbocycles. The number of carbonyl (C=O) groups is 2. The Morgan fingerprint density at radius 1 is 1.28 bits per heavy atom. The average Bonchev–Trinajstić information content (AvgIpc) is 2.92. The zero-order valence-corrected chi connectivity index (χ0v) is 14.0. The van der Waals surface area contributed by atoms with Gasteiger partial charge in [-0.05, 0) is 35.0 Å². The van der Waals surface area contributed by atoms with Gasteiger partial charge in [-0.1, -0.05) is 24.3 Å². The van der Waals surface area contributed by atoms with E-state index in [-0.39, 0.29) is 11.3 Å². The first kappa shape index (κ1) is 15.8. The van der Waals surface area contributed by atoms with Crippen molar-refractivity contribution in [1.82, 2.24) is 15.3 Å². The van der Waals surface area contributed by atoms with Gasteiger partial charge in [0, 0.05) is 25.3 Å². The number of anilines is 1. The van der Waals surface area contributed by atoms with Crippen molar-refractivity contribution in [2.24, 2.45) is 5.73 Å². The quantitative estimate of drug-likeness (QED) is 0.794. The van der Waals surface area contributed by atoms with Crippen LogP contribution in [-0.2, 0) is 11.3 Å². The maximum atomic E-state index is 11.7. The molecule has 2 aliphatic rings. The van der Waals surface area contributed by atoms with E-state index in [1.165, 1.54) is 0 Å². The van der Waals surface area contributed by atoms with Crippen molar-refractivity contribution in [2.75, 3.05) is 11.4 Å². The predicted molar refractivity (Wildman–Crippen MR) is 95.6 cm³/mol. The van der Waals surface area contributed by atoms with Gasteiger partial charge in [-0.3, -0.25) is 14.9 Å². The molecule has 7 nitrogen and oxygen atoms in total. The number of imide groups is 1. The molecule has 1 saturated heterocycles. The first-order valence-electron chi connectivity index (χ1n) is 7.76. The van der Waals surface area contributed by atoms with Gasteiger partial charge in [-0.25, -0.2) is 9.97 Å². The van der Waals surface area contributed by atoms with Crippen molar-refractivity contribution in [3.8, 4) is 0 Å². The highest BCUT2D eigenvalue weighted by Gasteiger charge is 2.26. The van der Waals surface area contributed by atoms with Crippen LogP contribution in [0.2, 0.25) is 0 Å². The van der Waals surface area contributed by atoms with Gasteiger partial charge >= 0.3 is 0 Å². The number of nitrogens with zero attached hydrogens (tertiary/aromatic N) is 3. The van der Waals surface area contributed by atoms with E-state index in [9.17, 15) is 9.59 Å². The van der Waals surface area contributed by atoms with Gasteiger partial charge in [-0.15, -0.1) is 0 Å². The molecule has 126 valence electrons. The van der Waals surface area contributed by atoms with Crippen molar-refractivity contribution >= 4 is 34.9 Å². The Bertz CT molecular complexity index is 898. The Morgan fingerprint density at radius 2 is 2.12 bits per heavy atom. The molecule has 0 spiro atoms. The van der Waals surface area contributed by atoms with Crippen LogP contribution < -0.4 is 16.0 Å². The molecule has 2 aliphatic heterocycles. The molecule has 1 aromatic carbocycles. The minimum absolute atomic E-state index is 0.107. The summed E-state index contributed by atoms with van der Waals surface area (Å²) in [6.45, 7) is 1.29. The minimum atomic E-state index is -0.399. The van der Waals surface area contributed by atoms with Crippen LogP contribution in [0.25, 0.3) is 6.08 Å². The summed E-state index contributed by atoms with van der Waals surface area (Å²) in [6.07, 6.45) is 3.23. The van der Waals surface area contributed by atoms with E-state index in [0.29, 0.717) is 29.6 Å². The lowest BCUT2D eigenvalue weighted by molar-refractivity contribution is -0.115.